The first-order chi connectivity index (χ1) is 15.1. The molecule has 1 amide bonds. The zero-order valence-corrected chi connectivity index (χ0v) is 18.7. The zero-order valence-electron chi connectivity index (χ0n) is 17.9. The first kappa shape index (κ1) is 21.4. The van der Waals surface area contributed by atoms with Crippen molar-refractivity contribution in [1.29, 1.82) is 0 Å². The van der Waals surface area contributed by atoms with Crippen molar-refractivity contribution < 1.29 is 9.32 Å². The number of nitrogens with zero attached hydrogens (tertiary/aromatic N) is 4. The van der Waals surface area contributed by atoms with E-state index in [9.17, 15) is 4.79 Å². The molecule has 3 aromatic rings. The lowest BCUT2D eigenvalue weighted by atomic mass is 10.2. The topological polar surface area (TPSA) is 74.5 Å². The summed E-state index contributed by atoms with van der Waals surface area (Å²) in [5.74, 6) is 2.29. The molecule has 1 aliphatic rings. The SMILES string of the molecule is Cc1cc(CSc2ccccc2C(=O)NCc2cccnc2N2CCN(C)CC2)on1. The first-order valence-corrected chi connectivity index (χ1v) is 11.4. The van der Waals surface area contributed by atoms with Crippen LogP contribution in [0.1, 0.15) is 27.4 Å². The van der Waals surface area contributed by atoms with Gasteiger partial charge in [-0.3, -0.25) is 4.79 Å². The molecule has 0 spiro atoms. The number of aryl methyl sites for hydroxylation is 1. The van der Waals surface area contributed by atoms with Crippen LogP contribution >= 0.6 is 11.8 Å². The largest absolute Gasteiger partial charge is 0.360 e. The van der Waals surface area contributed by atoms with Crippen molar-refractivity contribution in [3.8, 4) is 0 Å². The van der Waals surface area contributed by atoms with E-state index < -0.39 is 0 Å². The molecule has 1 fully saturated rings. The maximum Gasteiger partial charge on any atom is 0.252 e. The van der Waals surface area contributed by atoms with Crippen LogP contribution in [0.25, 0.3) is 0 Å². The van der Waals surface area contributed by atoms with Crippen LogP contribution in [0.4, 0.5) is 5.82 Å². The van der Waals surface area contributed by atoms with Gasteiger partial charge in [-0.25, -0.2) is 4.98 Å². The Labute approximate surface area is 186 Å². The van der Waals surface area contributed by atoms with Crippen LogP contribution in [0, 0.1) is 6.92 Å². The van der Waals surface area contributed by atoms with Gasteiger partial charge in [0.2, 0.25) is 0 Å². The minimum absolute atomic E-state index is 0.0926. The summed E-state index contributed by atoms with van der Waals surface area (Å²) >= 11 is 1.57. The normalized spacial score (nSPS) is 14.6. The van der Waals surface area contributed by atoms with Crippen molar-refractivity contribution in [1.82, 2.24) is 20.4 Å². The molecule has 4 rings (SSSR count). The van der Waals surface area contributed by atoms with E-state index >= 15 is 0 Å². The van der Waals surface area contributed by atoms with E-state index in [0.717, 1.165) is 53.9 Å². The summed E-state index contributed by atoms with van der Waals surface area (Å²) in [6.07, 6.45) is 1.82. The monoisotopic (exact) mass is 437 g/mol. The lowest BCUT2D eigenvalue weighted by molar-refractivity contribution is 0.0948. The number of amides is 1. The predicted molar refractivity (Wildman–Crippen MR) is 122 cm³/mol. The van der Waals surface area contributed by atoms with Crippen molar-refractivity contribution in [3.05, 3.63) is 71.2 Å². The molecule has 3 heterocycles. The van der Waals surface area contributed by atoms with Gasteiger partial charge in [-0.2, -0.15) is 0 Å². The van der Waals surface area contributed by atoms with E-state index in [2.05, 4.69) is 32.3 Å². The Hall–Kier alpha value is -2.84. The van der Waals surface area contributed by atoms with Crippen LogP contribution in [0.3, 0.4) is 0 Å². The summed E-state index contributed by atoms with van der Waals surface area (Å²) in [5.41, 5.74) is 2.55. The van der Waals surface area contributed by atoms with Gasteiger partial charge in [0.1, 0.15) is 11.6 Å². The number of rotatable bonds is 7. The number of piperazine rings is 1. The molecule has 1 saturated heterocycles. The second-order valence-electron chi connectivity index (χ2n) is 7.68. The highest BCUT2D eigenvalue weighted by atomic mass is 32.2. The molecule has 2 aromatic heterocycles. The number of pyridine rings is 1. The number of carbonyl (C=O) groups excluding carboxylic acids is 1. The summed E-state index contributed by atoms with van der Waals surface area (Å²) < 4.78 is 5.28. The second kappa shape index (κ2) is 9.98. The molecule has 0 atom stereocenters. The van der Waals surface area contributed by atoms with Crippen molar-refractivity contribution in [3.63, 3.8) is 0 Å². The Kier molecular flexibility index (Phi) is 6.89. The quantitative estimate of drug-likeness (QED) is 0.568. The molecular weight excluding hydrogens is 410 g/mol. The molecule has 0 saturated carbocycles. The van der Waals surface area contributed by atoms with Crippen molar-refractivity contribution in [2.75, 3.05) is 38.1 Å². The first-order valence-electron chi connectivity index (χ1n) is 10.4. The van der Waals surface area contributed by atoms with Gasteiger partial charge < -0.3 is 19.6 Å². The average molecular weight is 438 g/mol. The Morgan fingerprint density at radius 1 is 1.16 bits per heavy atom. The zero-order chi connectivity index (χ0) is 21.6. The summed E-state index contributed by atoms with van der Waals surface area (Å²) in [6, 6.07) is 13.5. The molecule has 0 radical (unpaired) electrons. The van der Waals surface area contributed by atoms with Crippen LogP contribution in [0.5, 0.6) is 0 Å². The van der Waals surface area contributed by atoms with Crippen LogP contribution < -0.4 is 10.2 Å². The third kappa shape index (κ3) is 5.45. The minimum Gasteiger partial charge on any atom is -0.360 e. The van der Waals surface area contributed by atoms with Gasteiger partial charge in [-0.05, 0) is 32.2 Å². The van der Waals surface area contributed by atoms with Gasteiger partial charge in [0.15, 0.2) is 0 Å². The van der Waals surface area contributed by atoms with Gasteiger partial charge in [-0.1, -0.05) is 23.4 Å². The summed E-state index contributed by atoms with van der Waals surface area (Å²) in [6.45, 7) is 6.24. The van der Waals surface area contributed by atoms with Crippen molar-refractivity contribution in [2.24, 2.45) is 0 Å². The Morgan fingerprint density at radius 2 is 1.97 bits per heavy atom. The standard InChI is InChI=1S/C23H27N5O2S/c1-17-14-19(30-26-17)16-31-21-8-4-3-7-20(21)23(29)25-15-18-6-5-9-24-22(18)28-12-10-27(2)11-13-28/h3-9,14H,10-13,15-16H2,1-2H3,(H,25,29). The number of thioether (sulfide) groups is 1. The molecule has 7 nitrogen and oxygen atoms in total. The number of anilines is 1. The lowest BCUT2D eigenvalue weighted by Gasteiger charge is -2.34. The molecule has 1 N–H and O–H groups in total. The van der Waals surface area contributed by atoms with E-state index in [-0.39, 0.29) is 5.91 Å². The summed E-state index contributed by atoms with van der Waals surface area (Å²) in [4.78, 5) is 23.1. The van der Waals surface area contributed by atoms with Gasteiger partial charge in [0.25, 0.3) is 5.91 Å². The third-order valence-electron chi connectivity index (χ3n) is 5.29. The molecule has 1 aliphatic heterocycles. The number of hydrogen-bond donors (Lipinski definition) is 1. The van der Waals surface area contributed by atoms with Gasteiger partial charge in [0, 0.05) is 55.4 Å². The van der Waals surface area contributed by atoms with Crippen LogP contribution in [-0.2, 0) is 12.3 Å². The van der Waals surface area contributed by atoms with Crippen molar-refractivity contribution >= 4 is 23.5 Å². The average Bonchev–Trinajstić information content (AvgIpc) is 3.22. The number of aromatic nitrogens is 2. The number of hydrogen-bond acceptors (Lipinski definition) is 7. The van der Waals surface area contributed by atoms with Crippen LogP contribution in [0.2, 0.25) is 0 Å². The maximum absolute atomic E-state index is 13.0. The molecule has 162 valence electrons. The smallest absolute Gasteiger partial charge is 0.252 e. The third-order valence-corrected chi connectivity index (χ3v) is 6.38. The summed E-state index contributed by atoms with van der Waals surface area (Å²) in [7, 11) is 2.13. The highest BCUT2D eigenvalue weighted by molar-refractivity contribution is 7.98. The molecular formula is C23H27N5O2S. The van der Waals surface area contributed by atoms with Crippen LogP contribution in [-0.4, -0.2) is 54.2 Å². The Balaban J connectivity index is 1.42. The fraction of sp³-hybridized carbons (Fsp3) is 0.348. The van der Waals surface area contributed by atoms with E-state index in [1.54, 1.807) is 11.8 Å². The highest BCUT2D eigenvalue weighted by Gasteiger charge is 2.19. The second-order valence-corrected chi connectivity index (χ2v) is 8.70. The predicted octanol–water partition coefficient (Wildman–Crippen LogP) is 3.35. The van der Waals surface area contributed by atoms with E-state index in [4.69, 9.17) is 4.52 Å². The Bertz CT molecular complexity index is 1030. The molecule has 31 heavy (non-hydrogen) atoms. The maximum atomic E-state index is 13.0. The molecule has 0 unspecified atom stereocenters. The van der Waals surface area contributed by atoms with Gasteiger partial charge in [0.05, 0.1) is 17.0 Å². The number of benzene rings is 1. The van der Waals surface area contributed by atoms with E-state index in [1.165, 1.54) is 0 Å². The van der Waals surface area contributed by atoms with Gasteiger partial charge in [-0.15, -0.1) is 11.8 Å². The minimum atomic E-state index is -0.0926. The van der Waals surface area contributed by atoms with E-state index in [1.807, 2.05) is 55.6 Å². The number of nitrogens with one attached hydrogen (secondary N) is 1. The van der Waals surface area contributed by atoms with E-state index in [0.29, 0.717) is 17.9 Å². The lowest BCUT2D eigenvalue weighted by Crippen LogP contribution is -2.45. The fourth-order valence-corrected chi connectivity index (χ4v) is 4.48. The highest BCUT2D eigenvalue weighted by Crippen LogP contribution is 2.27. The Morgan fingerprint density at radius 3 is 2.74 bits per heavy atom. The van der Waals surface area contributed by atoms with Crippen molar-refractivity contribution in [2.45, 2.75) is 24.1 Å². The summed E-state index contributed by atoms with van der Waals surface area (Å²) in [5, 5.41) is 7.00. The fourth-order valence-electron chi connectivity index (χ4n) is 3.56. The van der Waals surface area contributed by atoms with Crippen LogP contribution in [0.15, 0.2) is 58.1 Å². The van der Waals surface area contributed by atoms with Gasteiger partial charge >= 0.3 is 0 Å². The molecule has 1 aromatic carbocycles. The molecule has 8 heteroatoms. The number of likely N-dealkylation sites (N-methyl/N-ethyl adjacent to an activating group) is 1. The number of carbonyl (C=O) groups is 1. The molecule has 0 bridgehead atoms. The molecule has 0 aliphatic carbocycles.